The van der Waals surface area contributed by atoms with Gasteiger partial charge in [-0.2, -0.15) is 0 Å². The van der Waals surface area contributed by atoms with E-state index in [-0.39, 0.29) is 41.5 Å². The smallest absolute Gasteiger partial charge is 0.338 e. The molecule has 3 aromatic rings. The van der Waals surface area contributed by atoms with Crippen molar-refractivity contribution in [3.05, 3.63) is 88.4 Å². The molecule has 0 bridgehead atoms. The van der Waals surface area contributed by atoms with Crippen LogP contribution >= 0.6 is 11.6 Å². The van der Waals surface area contributed by atoms with Crippen molar-refractivity contribution in [2.45, 2.75) is 46.6 Å². The van der Waals surface area contributed by atoms with Gasteiger partial charge in [-0.05, 0) is 73.7 Å². The largest absolute Gasteiger partial charge is 0.462 e. The molecule has 0 spiro atoms. The van der Waals surface area contributed by atoms with Gasteiger partial charge in [0.05, 0.1) is 29.3 Å². The van der Waals surface area contributed by atoms with Gasteiger partial charge in [0.1, 0.15) is 6.04 Å². The Labute approximate surface area is 245 Å². The topological polar surface area (TPSA) is 126 Å². The summed E-state index contributed by atoms with van der Waals surface area (Å²) in [4.78, 5) is 50.2. The zero-order chi connectivity index (χ0) is 29.9. The maximum Gasteiger partial charge on any atom is 0.338 e. The van der Waals surface area contributed by atoms with Crippen LogP contribution in [0.1, 0.15) is 48.7 Å². The van der Waals surface area contributed by atoms with Crippen molar-refractivity contribution in [1.82, 2.24) is 5.32 Å². The standard InChI is InChI=1S/C31H35ClN4O5/c1-5-41-30(39)22-12-15-26(24(32)18-22)35-29(38)27(16-19(2)3)34-28(37)17-21-10-13-23(14-11-21)33-31(40)36-25-9-7-6-8-20(25)4/h6-15,18-19,27H,5,16-17H2,1-4H3,(H,34,37)(H,35,38)(H2,33,36,40)/t27-/m0/s1. The van der Waals surface area contributed by atoms with Crippen LogP contribution in [0.2, 0.25) is 5.02 Å². The van der Waals surface area contributed by atoms with E-state index in [2.05, 4.69) is 21.3 Å². The van der Waals surface area contributed by atoms with Crippen molar-refractivity contribution in [2.24, 2.45) is 5.92 Å². The Hall–Kier alpha value is -4.37. The molecule has 0 unspecified atom stereocenters. The first-order chi connectivity index (χ1) is 19.5. The van der Waals surface area contributed by atoms with Gasteiger partial charge in [-0.15, -0.1) is 0 Å². The summed E-state index contributed by atoms with van der Waals surface area (Å²) in [5.74, 6) is -1.12. The molecule has 0 radical (unpaired) electrons. The van der Waals surface area contributed by atoms with Crippen LogP contribution in [-0.2, 0) is 20.7 Å². The Morgan fingerprint density at radius 2 is 1.59 bits per heavy atom. The number of esters is 1. The van der Waals surface area contributed by atoms with E-state index in [4.69, 9.17) is 16.3 Å². The van der Waals surface area contributed by atoms with Crippen molar-refractivity contribution >= 4 is 52.5 Å². The van der Waals surface area contributed by atoms with E-state index in [1.165, 1.54) is 18.2 Å². The van der Waals surface area contributed by atoms with Gasteiger partial charge >= 0.3 is 12.0 Å². The van der Waals surface area contributed by atoms with Gasteiger partial charge in [0.15, 0.2) is 0 Å². The van der Waals surface area contributed by atoms with Crippen LogP contribution in [0.4, 0.5) is 21.9 Å². The summed E-state index contributed by atoms with van der Waals surface area (Å²) in [6.07, 6.45) is 0.460. The van der Waals surface area contributed by atoms with Gasteiger partial charge in [0.2, 0.25) is 11.8 Å². The van der Waals surface area contributed by atoms with Crippen molar-refractivity contribution in [1.29, 1.82) is 0 Å². The van der Waals surface area contributed by atoms with E-state index >= 15 is 0 Å². The third-order valence-corrected chi connectivity index (χ3v) is 6.38. The van der Waals surface area contributed by atoms with Crippen LogP contribution in [0.5, 0.6) is 0 Å². The highest BCUT2D eigenvalue weighted by molar-refractivity contribution is 6.34. The molecular formula is C31H35ClN4O5. The second kappa shape index (κ2) is 14.9. The first-order valence-electron chi connectivity index (χ1n) is 13.3. The molecule has 0 saturated carbocycles. The van der Waals surface area contributed by atoms with E-state index in [1.54, 1.807) is 31.2 Å². The zero-order valence-electron chi connectivity index (χ0n) is 23.5. The first-order valence-corrected chi connectivity index (χ1v) is 13.7. The first kappa shape index (κ1) is 31.2. The van der Waals surface area contributed by atoms with Gasteiger partial charge in [0, 0.05) is 11.4 Å². The number of carbonyl (C=O) groups excluding carboxylic acids is 4. The summed E-state index contributed by atoms with van der Waals surface area (Å²) in [7, 11) is 0. The molecule has 3 rings (SSSR count). The molecule has 0 aliphatic heterocycles. The predicted molar refractivity (Wildman–Crippen MR) is 161 cm³/mol. The van der Waals surface area contributed by atoms with Crippen LogP contribution in [0, 0.1) is 12.8 Å². The van der Waals surface area contributed by atoms with E-state index < -0.39 is 17.9 Å². The maximum absolute atomic E-state index is 13.1. The normalized spacial score (nSPS) is 11.4. The minimum Gasteiger partial charge on any atom is -0.462 e. The number of urea groups is 1. The van der Waals surface area contributed by atoms with Gasteiger partial charge in [0.25, 0.3) is 0 Å². The fourth-order valence-electron chi connectivity index (χ4n) is 4.02. The Bertz CT molecular complexity index is 1390. The van der Waals surface area contributed by atoms with E-state index in [0.29, 0.717) is 29.0 Å². The number of carbonyl (C=O) groups is 4. The quantitative estimate of drug-likeness (QED) is 0.202. The van der Waals surface area contributed by atoms with Crippen molar-refractivity contribution < 1.29 is 23.9 Å². The predicted octanol–water partition coefficient (Wildman–Crippen LogP) is 6.18. The highest BCUT2D eigenvalue weighted by Gasteiger charge is 2.23. The number of halogens is 1. The molecular weight excluding hydrogens is 544 g/mol. The number of amides is 4. The highest BCUT2D eigenvalue weighted by Crippen LogP contribution is 2.24. The SMILES string of the molecule is CCOC(=O)c1ccc(NC(=O)[C@H](CC(C)C)NC(=O)Cc2ccc(NC(=O)Nc3ccccc3C)cc2)c(Cl)c1. The van der Waals surface area contributed by atoms with Gasteiger partial charge in [-0.25, -0.2) is 9.59 Å². The molecule has 0 saturated heterocycles. The number of anilines is 3. The Balaban J connectivity index is 1.58. The number of rotatable bonds is 11. The van der Waals surface area contributed by atoms with Gasteiger partial charge in [-0.1, -0.05) is 55.8 Å². The fraction of sp³-hybridized carbons (Fsp3) is 0.290. The lowest BCUT2D eigenvalue weighted by Crippen LogP contribution is -2.45. The molecule has 4 N–H and O–H groups in total. The van der Waals surface area contributed by atoms with E-state index in [9.17, 15) is 19.2 Å². The lowest BCUT2D eigenvalue weighted by Gasteiger charge is -2.21. The van der Waals surface area contributed by atoms with Gasteiger partial charge < -0.3 is 26.0 Å². The van der Waals surface area contributed by atoms with Crippen LogP contribution in [0.3, 0.4) is 0 Å². The maximum atomic E-state index is 13.1. The molecule has 0 heterocycles. The summed E-state index contributed by atoms with van der Waals surface area (Å²) in [5, 5.41) is 11.3. The Kier molecular flexibility index (Phi) is 11.3. The second-order valence-electron chi connectivity index (χ2n) is 9.92. The third-order valence-electron chi connectivity index (χ3n) is 6.07. The molecule has 0 aliphatic rings. The molecule has 10 heteroatoms. The lowest BCUT2D eigenvalue weighted by molar-refractivity contribution is -0.126. The minimum absolute atomic E-state index is 0.0482. The monoisotopic (exact) mass is 578 g/mol. The minimum atomic E-state index is -0.797. The second-order valence-corrected chi connectivity index (χ2v) is 10.3. The zero-order valence-corrected chi connectivity index (χ0v) is 24.3. The van der Waals surface area contributed by atoms with Crippen LogP contribution in [0.15, 0.2) is 66.7 Å². The third kappa shape index (κ3) is 9.65. The van der Waals surface area contributed by atoms with E-state index in [0.717, 1.165) is 5.56 Å². The number of nitrogens with one attached hydrogen (secondary N) is 4. The lowest BCUT2D eigenvalue weighted by atomic mass is 10.0. The molecule has 216 valence electrons. The van der Waals surface area contributed by atoms with Crippen molar-refractivity contribution in [3.63, 3.8) is 0 Å². The number of para-hydroxylation sites is 1. The van der Waals surface area contributed by atoms with Gasteiger partial charge in [-0.3, -0.25) is 9.59 Å². The number of hydrogen-bond donors (Lipinski definition) is 4. The molecule has 3 aromatic carbocycles. The van der Waals surface area contributed by atoms with Crippen molar-refractivity contribution in [2.75, 3.05) is 22.6 Å². The number of ether oxygens (including phenoxy) is 1. The summed E-state index contributed by atoms with van der Waals surface area (Å²) in [6.45, 7) is 7.75. The fourth-order valence-corrected chi connectivity index (χ4v) is 4.24. The number of hydrogen-bond acceptors (Lipinski definition) is 5. The van der Waals surface area contributed by atoms with Crippen LogP contribution in [0.25, 0.3) is 0 Å². The number of aryl methyl sites for hydroxylation is 1. The Morgan fingerprint density at radius 3 is 2.22 bits per heavy atom. The summed E-state index contributed by atoms with van der Waals surface area (Å²) in [5.41, 5.74) is 3.55. The molecule has 41 heavy (non-hydrogen) atoms. The average molecular weight is 579 g/mol. The average Bonchev–Trinajstić information content (AvgIpc) is 2.91. The summed E-state index contributed by atoms with van der Waals surface area (Å²) >= 11 is 6.29. The highest BCUT2D eigenvalue weighted by atomic mass is 35.5. The van der Waals surface area contributed by atoms with Crippen molar-refractivity contribution in [3.8, 4) is 0 Å². The number of benzene rings is 3. The molecule has 1 atom stereocenters. The molecule has 0 aromatic heterocycles. The molecule has 9 nitrogen and oxygen atoms in total. The van der Waals surface area contributed by atoms with Crippen LogP contribution in [-0.4, -0.2) is 36.5 Å². The molecule has 0 aliphatic carbocycles. The Morgan fingerprint density at radius 1 is 0.878 bits per heavy atom. The summed E-state index contributed by atoms with van der Waals surface area (Å²) < 4.78 is 4.97. The molecule has 4 amide bonds. The van der Waals surface area contributed by atoms with E-state index in [1.807, 2.05) is 45.0 Å². The van der Waals surface area contributed by atoms with Crippen LogP contribution < -0.4 is 21.3 Å². The molecule has 0 fully saturated rings. The summed E-state index contributed by atoms with van der Waals surface area (Å²) in [6, 6.07) is 17.7.